The van der Waals surface area contributed by atoms with Crippen LogP contribution in [0.1, 0.15) is 0 Å². The second-order valence-corrected chi connectivity index (χ2v) is 18.6. The van der Waals surface area contributed by atoms with Crippen molar-refractivity contribution in [2.45, 2.75) is 0 Å². The van der Waals surface area contributed by atoms with Crippen LogP contribution in [0.2, 0.25) is 0 Å². The normalized spacial score (nSPS) is 11.8. The summed E-state index contributed by atoms with van der Waals surface area (Å²) in [4.78, 5) is 15.5. The maximum atomic E-state index is 5.24. The van der Waals surface area contributed by atoms with Crippen LogP contribution in [0.3, 0.4) is 0 Å². The molecule has 0 fully saturated rings. The molecule has 322 valence electrons. The molecule has 0 amide bonds. The molecule has 14 aromatic rings. The van der Waals surface area contributed by atoms with Gasteiger partial charge in [0.15, 0.2) is 17.5 Å². The van der Waals surface area contributed by atoms with E-state index in [-0.39, 0.29) is 0 Å². The lowest BCUT2D eigenvalue weighted by Gasteiger charge is -2.14. The third-order valence-electron chi connectivity index (χ3n) is 13.5. The Balaban J connectivity index is 1.000. The molecule has 4 heterocycles. The molecule has 5 nitrogen and oxygen atoms in total. The number of hydrogen-bond donors (Lipinski definition) is 0. The lowest BCUT2D eigenvalue weighted by atomic mass is 9.95. The van der Waals surface area contributed by atoms with E-state index in [4.69, 9.17) is 15.0 Å². The average Bonchev–Trinajstić information content (AvgIpc) is 4.09. The van der Waals surface area contributed by atoms with E-state index in [9.17, 15) is 0 Å². The van der Waals surface area contributed by atoms with Crippen molar-refractivity contribution in [1.29, 1.82) is 0 Å². The van der Waals surface area contributed by atoms with E-state index in [2.05, 4.69) is 209 Å². The minimum absolute atomic E-state index is 0.608. The van der Waals surface area contributed by atoms with Crippen molar-refractivity contribution in [2.75, 3.05) is 0 Å². The van der Waals surface area contributed by atoms with Gasteiger partial charge in [-0.2, -0.15) is 0 Å². The van der Waals surface area contributed by atoms with E-state index in [1.54, 1.807) is 0 Å². The number of fused-ring (bicyclic) bond motifs is 10. The zero-order valence-corrected chi connectivity index (χ0v) is 38.0. The minimum Gasteiger partial charge on any atom is -0.309 e. The highest BCUT2D eigenvalue weighted by molar-refractivity contribution is 7.26. The lowest BCUT2D eigenvalue weighted by Crippen LogP contribution is -2.00. The van der Waals surface area contributed by atoms with Gasteiger partial charge in [0.25, 0.3) is 0 Å². The van der Waals surface area contributed by atoms with Gasteiger partial charge in [-0.05, 0) is 95.1 Å². The van der Waals surface area contributed by atoms with Crippen LogP contribution in [-0.2, 0) is 0 Å². The molecular weight excluding hydrogens is 859 g/mol. The highest BCUT2D eigenvalue weighted by atomic mass is 32.1. The molecule has 14 rings (SSSR count). The summed E-state index contributed by atoms with van der Waals surface area (Å²) >= 11 is 1.88. The van der Waals surface area contributed by atoms with Crippen molar-refractivity contribution in [3.8, 4) is 67.8 Å². The van der Waals surface area contributed by atoms with E-state index >= 15 is 0 Å². The topological polar surface area (TPSA) is 48.5 Å². The molecule has 0 spiro atoms. The van der Waals surface area contributed by atoms with Crippen LogP contribution in [0.15, 0.2) is 237 Å². The Labute approximate surface area is 401 Å². The standard InChI is InChI=1S/C63H39N5S/c1-4-17-40(18-5-1)61-64-62(41-19-6-2-7-20-41)66-63(65-61)46-36-44(35-45(37-46)43-31-32-50-49-25-10-13-28-54(49)67(57(50)39-43)47-22-8-3-9-23-47)42-21-16-24-48(38-42)68-55-29-14-11-27-53(55)59-56(68)34-33-52-51-26-12-15-30-58(51)69-60(52)59/h1-39H. The fourth-order valence-corrected chi connectivity index (χ4v) is 11.6. The minimum atomic E-state index is 0.608. The number of rotatable bonds is 7. The van der Waals surface area contributed by atoms with Gasteiger partial charge in [0, 0.05) is 69.8 Å². The molecule has 10 aromatic carbocycles. The maximum Gasteiger partial charge on any atom is 0.164 e. The molecule has 0 bridgehead atoms. The predicted molar refractivity (Wildman–Crippen MR) is 289 cm³/mol. The maximum absolute atomic E-state index is 5.24. The van der Waals surface area contributed by atoms with E-state index in [0.717, 1.165) is 55.8 Å². The quantitative estimate of drug-likeness (QED) is 0.160. The molecule has 6 heteroatoms. The Kier molecular flexibility index (Phi) is 9.00. The van der Waals surface area contributed by atoms with E-state index < -0.39 is 0 Å². The van der Waals surface area contributed by atoms with E-state index in [0.29, 0.717) is 17.5 Å². The van der Waals surface area contributed by atoms with Gasteiger partial charge >= 0.3 is 0 Å². The molecule has 0 N–H and O–H groups in total. The van der Waals surface area contributed by atoms with E-state index in [1.165, 1.54) is 58.3 Å². The Morgan fingerprint density at radius 3 is 1.48 bits per heavy atom. The number of thiophene rings is 1. The number of hydrogen-bond acceptors (Lipinski definition) is 4. The van der Waals surface area contributed by atoms with Crippen molar-refractivity contribution < 1.29 is 0 Å². The zero-order valence-electron chi connectivity index (χ0n) is 37.2. The second-order valence-electron chi connectivity index (χ2n) is 17.6. The summed E-state index contributed by atoms with van der Waals surface area (Å²) in [5, 5.41) is 7.58. The summed E-state index contributed by atoms with van der Waals surface area (Å²) in [5.41, 5.74) is 14.0. The highest BCUT2D eigenvalue weighted by Gasteiger charge is 2.20. The van der Waals surface area contributed by atoms with Crippen molar-refractivity contribution in [3.63, 3.8) is 0 Å². The third kappa shape index (κ3) is 6.49. The largest absolute Gasteiger partial charge is 0.309 e. The van der Waals surface area contributed by atoms with Crippen LogP contribution in [0.5, 0.6) is 0 Å². The molecule has 0 aliphatic heterocycles. The Bertz CT molecular complexity index is 4240. The highest BCUT2D eigenvalue weighted by Crippen LogP contribution is 2.44. The Hall–Kier alpha value is -8.97. The van der Waals surface area contributed by atoms with Crippen molar-refractivity contribution >= 4 is 75.1 Å². The number of para-hydroxylation sites is 3. The first-order valence-corrected chi connectivity index (χ1v) is 24.1. The first-order valence-electron chi connectivity index (χ1n) is 23.3. The monoisotopic (exact) mass is 897 g/mol. The van der Waals surface area contributed by atoms with Gasteiger partial charge in [-0.25, -0.2) is 15.0 Å². The molecular formula is C63H39N5S. The van der Waals surface area contributed by atoms with Gasteiger partial charge in [-0.1, -0.05) is 164 Å². The SMILES string of the molecule is c1ccc(-c2nc(-c3ccccc3)nc(-c3cc(-c4cccc(-n5c6ccccc6c6c7sc8ccccc8c7ccc65)c4)cc(-c4ccc5c6ccccc6n(-c6ccccc6)c5c4)c3)n2)cc1. The van der Waals surface area contributed by atoms with Crippen molar-refractivity contribution in [2.24, 2.45) is 0 Å². The molecule has 0 aliphatic rings. The molecule has 69 heavy (non-hydrogen) atoms. The molecule has 0 saturated heterocycles. The zero-order chi connectivity index (χ0) is 45.4. The van der Waals surface area contributed by atoms with Gasteiger partial charge in [-0.15, -0.1) is 11.3 Å². The van der Waals surface area contributed by atoms with Crippen LogP contribution < -0.4 is 0 Å². The predicted octanol–water partition coefficient (Wildman–Crippen LogP) is 16.8. The molecule has 0 aliphatic carbocycles. The number of nitrogens with zero attached hydrogens (tertiary/aromatic N) is 5. The first kappa shape index (κ1) is 39.2. The second kappa shape index (κ2) is 15.8. The molecule has 0 saturated carbocycles. The lowest BCUT2D eigenvalue weighted by molar-refractivity contribution is 1.07. The van der Waals surface area contributed by atoms with Crippen LogP contribution in [0.25, 0.3) is 132 Å². The van der Waals surface area contributed by atoms with Crippen LogP contribution in [0, 0.1) is 0 Å². The van der Waals surface area contributed by atoms with Gasteiger partial charge in [0.2, 0.25) is 0 Å². The summed E-state index contributed by atoms with van der Waals surface area (Å²) in [5.74, 6) is 1.86. The van der Waals surface area contributed by atoms with Crippen LogP contribution in [-0.4, -0.2) is 24.1 Å². The van der Waals surface area contributed by atoms with Gasteiger partial charge in [0.1, 0.15) is 0 Å². The van der Waals surface area contributed by atoms with Crippen LogP contribution in [0.4, 0.5) is 0 Å². The summed E-state index contributed by atoms with van der Waals surface area (Å²) in [7, 11) is 0. The summed E-state index contributed by atoms with van der Waals surface area (Å²) in [6.45, 7) is 0. The number of benzene rings is 10. The summed E-state index contributed by atoms with van der Waals surface area (Å²) in [6.07, 6.45) is 0. The Morgan fingerprint density at radius 2 is 0.768 bits per heavy atom. The first-order chi connectivity index (χ1) is 34.2. The average molecular weight is 898 g/mol. The third-order valence-corrected chi connectivity index (χ3v) is 14.7. The molecule has 0 atom stereocenters. The van der Waals surface area contributed by atoms with Crippen molar-refractivity contribution in [3.05, 3.63) is 237 Å². The van der Waals surface area contributed by atoms with Gasteiger partial charge in [-0.3, -0.25) is 0 Å². The molecule has 0 radical (unpaired) electrons. The van der Waals surface area contributed by atoms with Gasteiger partial charge < -0.3 is 9.13 Å². The number of aromatic nitrogens is 5. The van der Waals surface area contributed by atoms with E-state index in [1.807, 2.05) is 47.7 Å². The van der Waals surface area contributed by atoms with Crippen LogP contribution >= 0.6 is 11.3 Å². The van der Waals surface area contributed by atoms with Crippen molar-refractivity contribution in [1.82, 2.24) is 24.1 Å². The summed E-state index contributed by atoms with van der Waals surface area (Å²) < 4.78 is 7.44. The Morgan fingerprint density at radius 1 is 0.275 bits per heavy atom. The smallest absolute Gasteiger partial charge is 0.164 e. The fraction of sp³-hybridized carbons (Fsp3) is 0. The van der Waals surface area contributed by atoms with Gasteiger partial charge in [0.05, 0.1) is 22.1 Å². The molecule has 4 aromatic heterocycles. The molecule has 0 unspecified atom stereocenters. The summed E-state index contributed by atoms with van der Waals surface area (Å²) in [6, 6.07) is 84.6. The fourth-order valence-electron chi connectivity index (χ4n) is 10.4.